The van der Waals surface area contributed by atoms with Gasteiger partial charge in [0.25, 0.3) is 0 Å². The van der Waals surface area contributed by atoms with Gasteiger partial charge in [0.2, 0.25) is 0 Å². The van der Waals surface area contributed by atoms with E-state index in [1.54, 1.807) is 6.20 Å². The van der Waals surface area contributed by atoms with E-state index < -0.39 is 0 Å². The molecule has 1 heterocycles. The molecule has 0 bridgehead atoms. The van der Waals surface area contributed by atoms with Crippen LogP contribution in [0.3, 0.4) is 0 Å². The van der Waals surface area contributed by atoms with Crippen molar-refractivity contribution in [3.8, 4) is 5.75 Å². The maximum absolute atomic E-state index is 6.04. The number of nitrogens with zero attached hydrogens (tertiary/aromatic N) is 1. The van der Waals surface area contributed by atoms with Crippen molar-refractivity contribution in [2.24, 2.45) is 5.73 Å². The van der Waals surface area contributed by atoms with Crippen LogP contribution in [0.4, 0.5) is 0 Å². The van der Waals surface area contributed by atoms with Crippen LogP contribution in [0.5, 0.6) is 5.75 Å². The Labute approximate surface area is 131 Å². The molecule has 0 aliphatic heterocycles. The first-order chi connectivity index (χ1) is 10.3. The fourth-order valence-electron chi connectivity index (χ4n) is 2.26. The summed E-state index contributed by atoms with van der Waals surface area (Å²) in [6, 6.07) is 16.0. The monoisotopic (exact) mass is 342 g/mol. The summed E-state index contributed by atoms with van der Waals surface area (Å²) < 4.78 is 7.09. The molecular formula is C17H15BrN2O. The number of para-hydroxylation sites is 1. The molecule has 4 heteroatoms. The molecule has 0 radical (unpaired) electrons. The van der Waals surface area contributed by atoms with Gasteiger partial charge in [0, 0.05) is 28.2 Å². The maximum atomic E-state index is 6.04. The highest BCUT2D eigenvalue weighted by molar-refractivity contribution is 9.10. The molecule has 1 aromatic heterocycles. The Morgan fingerprint density at radius 2 is 1.95 bits per heavy atom. The predicted octanol–water partition coefficient (Wildman–Crippen LogP) is 4.04. The van der Waals surface area contributed by atoms with Gasteiger partial charge in [0.05, 0.1) is 5.52 Å². The normalized spacial score (nSPS) is 10.8. The zero-order valence-electron chi connectivity index (χ0n) is 11.4. The summed E-state index contributed by atoms with van der Waals surface area (Å²) in [5.41, 5.74) is 8.75. The van der Waals surface area contributed by atoms with E-state index in [0.717, 1.165) is 32.3 Å². The van der Waals surface area contributed by atoms with Crippen LogP contribution in [0.2, 0.25) is 0 Å². The van der Waals surface area contributed by atoms with Crippen LogP contribution in [-0.2, 0) is 13.2 Å². The van der Waals surface area contributed by atoms with E-state index in [1.165, 1.54) is 0 Å². The SMILES string of the molecule is NCc1cnc2ccccc2c1OCc1cccc(Br)c1. The second kappa shape index (κ2) is 6.24. The molecule has 0 spiro atoms. The van der Waals surface area contributed by atoms with Crippen molar-refractivity contribution in [1.82, 2.24) is 4.98 Å². The molecule has 0 aliphatic carbocycles. The Bertz CT molecular complexity index is 774. The standard InChI is InChI=1S/C17H15BrN2O/c18-14-5-3-4-12(8-14)11-21-17-13(9-19)10-20-16-7-2-1-6-15(16)17/h1-8,10H,9,11,19H2. The Morgan fingerprint density at radius 1 is 1.10 bits per heavy atom. The van der Waals surface area contributed by atoms with Gasteiger partial charge >= 0.3 is 0 Å². The molecule has 3 nitrogen and oxygen atoms in total. The lowest BCUT2D eigenvalue weighted by atomic mass is 10.1. The first-order valence-electron chi connectivity index (χ1n) is 6.72. The number of benzene rings is 2. The van der Waals surface area contributed by atoms with Crippen molar-refractivity contribution in [3.63, 3.8) is 0 Å². The average Bonchev–Trinajstić information content (AvgIpc) is 2.52. The lowest BCUT2D eigenvalue weighted by molar-refractivity contribution is 0.306. The average molecular weight is 343 g/mol. The summed E-state index contributed by atoms with van der Waals surface area (Å²) in [5.74, 6) is 0.822. The number of hydrogen-bond donors (Lipinski definition) is 1. The minimum atomic E-state index is 0.408. The van der Waals surface area contributed by atoms with Crippen LogP contribution < -0.4 is 10.5 Å². The van der Waals surface area contributed by atoms with Crippen LogP contribution in [-0.4, -0.2) is 4.98 Å². The molecule has 0 saturated carbocycles. The summed E-state index contributed by atoms with van der Waals surface area (Å²) in [4.78, 5) is 4.41. The van der Waals surface area contributed by atoms with Gasteiger partial charge in [-0.25, -0.2) is 0 Å². The molecule has 3 rings (SSSR count). The zero-order valence-corrected chi connectivity index (χ0v) is 13.0. The van der Waals surface area contributed by atoms with E-state index >= 15 is 0 Å². The number of fused-ring (bicyclic) bond motifs is 1. The zero-order chi connectivity index (χ0) is 14.7. The van der Waals surface area contributed by atoms with Gasteiger partial charge in [-0.05, 0) is 29.8 Å². The number of pyridine rings is 1. The molecule has 2 N–H and O–H groups in total. The van der Waals surface area contributed by atoms with Crippen LogP contribution in [0.15, 0.2) is 59.2 Å². The van der Waals surface area contributed by atoms with Crippen LogP contribution in [0, 0.1) is 0 Å². The molecule has 106 valence electrons. The smallest absolute Gasteiger partial charge is 0.135 e. The third-order valence-corrected chi connectivity index (χ3v) is 3.79. The summed E-state index contributed by atoms with van der Waals surface area (Å²) in [7, 11) is 0. The van der Waals surface area contributed by atoms with Crippen molar-refractivity contribution in [2.45, 2.75) is 13.2 Å². The minimum Gasteiger partial charge on any atom is -0.488 e. The molecular weight excluding hydrogens is 328 g/mol. The highest BCUT2D eigenvalue weighted by atomic mass is 79.9. The van der Waals surface area contributed by atoms with E-state index in [2.05, 4.69) is 20.9 Å². The number of hydrogen-bond acceptors (Lipinski definition) is 3. The Hall–Kier alpha value is -1.91. The van der Waals surface area contributed by atoms with Gasteiger partial charge in [-0.3, -0.25) is 4.98 Å². The lowest BCUT2D eigenvalue weighted by Crippen LogP contribution is -2.04. The molecule has 0 amide bonds. The van der Waals surface area contributed by atoms with E-state index in [-0.39, 0.29) is 0 Å². The maximum Gasteiger partial charge on any atom is 0.135 e. The molecule has 0 aliphatic rings. The van der Waals surface area contributed by atoms with Gasteiger partial charge in [0.1, 0.15) is 12.4 Å². The second-order valence-corrected chi connectivity index (χ2v) is 5.67. The van der Waals surface area contributed by atoms with Crippen LogP contribution in [0.1, 0.15) is 11.1 Å². The van der Waals surface area contributed by atoms with Gasteiger partial charge < -0.3 is 10.5 Å². The summed E-state index contributed by atoms with van der Waals surface area (Å²) in [5, 5.41) is 0.996. The quantitative estimate of drug-likeness (QED) is 0.778. The molecule has 2 aromatic carbocycles. The lowest BCUT2D eigenvalue weighted by Gasteiger charge is -2.13. The van der Waals surface area contributed by atoms with Crippen molar-refractivity contribution >= 4 is 26.8 Å². The first-order valence-corrected chi connectivity index (χ1v) is 7.51. The highest BCUT2D eigenvalue weighted by Gasteiger charge is 2.09. The first kappa shape index (κ1) is 14.0. The van der Waals surface area contributed by atoms with Gasteiger partial charge in [0.15, 0.2) is 0 Å². The number of nitrogens with two attached hydrogens (primary N) is 1. The molecule has 3 aromatic rings. The fraction of sp³-hybridized carbons (Fsp3) is 0.118. The van der Waals surface area contributed by atoms with Crippen molar-refractivity contribution in [1.29, 1.82) is 0 Å². The fourth-order valence-corrected chi connectivity index (χ4v) is 2.70. The third kappa shape index (κ3) is 3.06. The van der Waals surface area contributed by atoms with Gasteiger partial charge in [-0.15, -0.1) is 0 Å². The van der Waals surface area contributed by atoms with E-state index in [9.17, 15) is 0 Å². The summed E-state index contributed by atoms with van der Waals surface area (Å²) in [6.07, 6.45) is 1.79. The minimum absolute atomic E-state index is 0.408. The molecule has 0 atom stereocenters. The molecule has 21 heavy (non-hydrogen) atoms. The predicted molar refractivity (Wildman–Crippen MR) is 88.1 cm³/mol. The number of ether oxygens (including phenoxy) is 1. The Kier molecular flexibility index (Phi) is 4.18. The summed E-state index contributed by atoms with van der Waals surface area (Å²) in [6.45, 7) is 0.909. The van der Waals surface area contributed by atoms with Crippen LogP contribution in [0.25, 0.3) is 10.9 Å². The molecule has 0 saturated heterocycles. The Morgan fingerprint density at radius 3 is 2.76 bits per heavy atom. The van der Waals surface area contributed by atoms with Gasteiger partial charge in [-0.1, -0.05) is 40.2 Å². The second-order valence-electron chi connectivity index (χ2n) is 4.75. The molecule has 0 fully saturated rings. The van der Waals surface area contributed by atoms with Crippen molar-refractivity contribution in [3.05, 3.63) is 70.3 Å². The van der Waals surface area contributed by atoms with Crippen LogP contribution >= 0.6 is 15.9 Å². The number of aromatic nitrogens is 1. The van der Waals surface area contributed by atoms with E-state index in [4.69, 9.17) is 10.5 Å². The van der Waals surface area contributed by atoms with Gasteiger partial charge in [-0.2, -0.15) is 0 Å². The summed E-state index contributed by atoms with van der Waals surface area (Å²) >= 11 is 3.47. The third-order valence-electron chi connectivity index (χ3n) is 3.29. The molecule has 0 unspecified atom stereocenters. The Balaban J connectivity index is 1.95. The number of halogens is 1. The van der Waals surface area contributed by atoms with Crippen molar-refractivity contribution in [2.75, 3.05) is 0 Å². The van der Waals surface area contributed by atoms with Crippen molar-refractivity contribution < 1.29 is 4.74 Å². The topological polar surface area (TPSA) is 48.1 Å². The van der Waals surface area contributed by atoms with E-state index in [0.29, 0.717) is 13.2 Å². The largest absolute Gasteiger partial charge is 0.488 e. The number of rotatable bonds is 4. The highest BCUT2D eigenvalue weighted by Crippen LogP contribution is 2.29. The van der Waals surface area contributed by atoms with E-state index in [1.807, 2.05) is 48.5 Å².